The zero-order valence-electron chi connectivity index (χ0n) is 16.9. The van der Waals surface area contributed by atoms with Crippen LogP contribution in [0.15, 0.2) is 22.5 Å². The standard InChI is InChI=1S/C21H32N4OS.HI/c1-22-21(25-12-15-16(13-25)18-8-7-17(15)26-18)23-11-14-5-3-9-24(2)20(14)19-6-4-10-27-19;/h4,6,10,14-18,20H,3,5,7-9,11-13H2,1-2H3,(H,22,23);1H. The Bertz CT molecular complexity index is 666. The largest absolute Gasteiger partial charge is 0.374 e. The molecule has 6 unspecified atom stereocenters. The lowest BCUT2D eigenvalue weighted by Gasteiger charge is -2.39. The normalized spacial score (nSPS) is 37.8. The highest BCUT2D eigenvalue weighted by Gasteiger charge is 2.53. The number of rotatable bonds is 3. The molecule has 0 radical (unpaired) electrons. The van der Waals surface area contributed by atoms with Gasteiger partial charge in [-0.05, 0) is 56.6 Å². The lowest BCUT2D eigenvalue weighted by Crippen LogP contribution is -2.46. The number of halogens is 1. The summed E-state index contributed by atoms with van der Waals surface area (Å²) in [6.45, 7) is 4.44. The molecular formula is C21H33IN4OS. The van der Waals surface area contributed by atoms with E-state index in [0.717, 1.165) is 37.4 Å². The molecule has 0 saturated carbocycles. The van der Waals surface area contributed by atoms with Gasteiger partial charge in [-0.3, -0.25) is 9.89 Å². The SMILES string of the molecule is CN=C(NCC1CCCN(C)C1c1cccs1)N1CC2C3CCC(O3)C2C1.I. The van der Waals surface area contributed by atoms with Crippen molar-refractivity contribution in [2.75, 3.05) is 40.3 Å². The van der Waals surface area contributed by atoms with Crippen LogP contribution < -0.4 is 5.32 Å². The van der Waals surface area contributed by atoms with E-state index in [1.807, 2.05) is 18.4 Å². The third-order valence-electron chi connectivity index (χ3n) is 7.33. The zero-order chi connectivity index (χ0) is 18.4. The van der Waals surface area contributed by atoms with E-state index in [2.05, 4.69) is 44.7 Å². The minimum atomic E-state index is 0. The van der Waals surface area contributed by atoms with E-state index in [1.165, 1.54) is 37.1 Å². The monoisotopic (exact) mass is 516 g/mol. The summed E-state index contributed by atoms with van der Waals surface area (Å²) in [6, 6.07) is 5.02. The molecule has 0 aromatic carbocycles. The molecule has 2 bridgehead atoms. The second kappa shape index (κ2) is 8.78. The molecule has 28 heavy (non-hydrogen) atoms. The first kappa shape index (κ1) is 20.9. The van der Waals surface area contributed by atoms with Crippen molar-refractivity contribution in [3.8, 4) is 0 Å². The average molecular weight is 516 g/mol. The first-order valence-electron chi connectivity index (χ1n) is 10.6. The average Bonchev–Trinajstić information content (AvgIpc) is 3.44. The highest BCUT2D eigenvalue weighted by molar-refractivity contribution is 14.0. The van der Waals surface area contributed by atoms with Gasteiger partial charge in [0.25, 0.3) is 0 Å². The molecule has 1 aromatic rings. The highest BCUT2D eigenvalue weighted by Crippen LogP contribution is 2.47. The minimum Gasteiger partial charge on any atom is -0.374 e. The van der Waals surface area contributed by atoms with Crippen LogP contribution in [0.4, 0.5) is 0 Å². The molecule has 4 saturated heterocycles. The lowest BCUT2D eigenvalue weighted by atomic mass is 9.82. The van der Waals surface area contributed by atoms with Crippen molar-refractivity contribution in [3.63, 3.8) is 0 Å². The van der Waals surface area contributed by atoms with Crippen molar-refractivity contribution in [2.24, 2.45) is 22.7 Å². The van der Waals surface area contributed by atoms with Crippen LogP contribution in [0.25, 0.3) is 0 Å². The molecule has 6 atom stereocenters. The number of aliphatic imine (C=N–C) groups is 1. The topological polar surface area (TPSA) is 40.1 Å². The van der Waals surface area contributed by atoms with E-state index in [1.54, 1.807) is 0 Å². The number of nitrogens with one attached hydrogen (secondary N) is 1. The quantitative estimate of drug-likeness (QED) is 0.380. The summed E-state index contributed by atoms with van der Waals surface area (Å²) in [5, 5.41) is 5.95. The van der Waals surface area contributed by atoms with Crippen LogP contribution in [0.3, 0.4) is 0 Å². The first-order valence-corrected chi connectivity index (χ1v) is 11.5. The number of guanidine groups is 1. The Kier molecular flexibility index (Phi) is 6.54. The van der Waals surface area contributed by atoms with Gasteiger partial charge >= 0.3 is 0 Å². The van der Waals surface area contributed by atoms with Crippen LogP contribution in [0.2, 0.25) is 0 Å². The molecular weight excluding hydrogens is 483 g/mol. The molecule has 7 heteroatoms. The van der Waals surface area contributed by atoms with Crippen LogP contribution in [-0.2, 0) is 4.74 Å². The van der Waals surface area contributed by atoms with Crippen molar-refractivity contribution >= 4 is 41.3 Å². The number of piperidine rings is 1. The summed E-state index contributed by atoms with van der Waals surface area (Å²) in [5.74, 6) is 3.19. The fourth-order valence-electron chi connectivity index (χ4n) is 6.07. The van der Waals surface area contributed by atoms with Gasteiger partial charge < -0.3 is 15.0 Å². The van der Waals surface area contributed by atoms with Crippen LogP contribution in [0.5, 0.6) is 0 Å². The van der Waals surface area contributed by atoms with E-state index < -0.39 is 0 Å². The fraction of sp³-hybridized carbons (Fsp3) is 0.762. The van der Waals surface area contributed by atoms with Gasteiger partial charge in [0.15, 0.2) is 5.96 Å². The van der Waals surface area contributed by atoms with Crippen molar-refractivity contribution in [3.05, 3.63) is 22.4 Å². The summed E-state index contributed by atoms with van der Waals surface area (Å²) in [6.07, 6.45) is 6.14. The number of thiophene rings is 1. The summed E-state index contributed by atoms with van der Waals surface area (Å²) < 4.78 is 6.13. The Balaban J connectivity index is 0.00000192. The van der Waals surface area contributed by atoms with Gasteiger partial charge in [0.1, 0.15) is 0 Å². The van der Waals surface area contributed by atoms with E-state index in [9.17, 15) is 0 Å². The van der Waals surface area contributed by atoms with Gasteiger partial charge in [-0.15, -0.1) is 35.3 Å². The number of nitrogens with zero attached hydrogens (tertiary/aromatic N) is 3. The van der Waals surface area contributed by atoms with Gasteiger partial charge in [0.2, 0.25) is 0 Å². The zero-order valence-corrected chi connectivity index (χ0v) is 20.1. The van der Waals surface area contributed by atoms with E-state index in [0.29, 0.717) is 24.2 Å². The number of hydrogen-bond acceptors (Lipinski definition) is 4. The first-order chi connectivity index (χ1) is 13.2. The number of likely N-dealkylation sites (tertiary alicyclic amines) is 2. The van der Waals surface area contributed by atoms with Gasteiger partial charge in [-0.1, -0.05) is 6.07 Å². The molecule has 5 rings (SSSR count). The lowest BCUT2D eigenvalue weighted by molar-refractivity contribution is 0.0765. The van der Waals surface area contributed by atoms with Crippen molar-refractivity contribution in [1.82, 2.24) is 15.1 Å². The summed E-state index contributed by atoms with van der Waals surface area (Å²) >= 11 is 1.90. The van der Waals surface area contributed by atoms with Gasteiger partial charge in [-0.25, -0.2) is 0 Å². The molecule has 4 aliphatic rings. The molecule has 0 aliphatic carbocycles. The van der Waals surface area contributed by atoms with Crippen molar-refractivity contribution < 1.29 is 4.74 Å². The molecule has 156 valence electrons. The summed E-state index contributed by atoms with van der Waals surface area (Å²) in [4.78, 5) is 11.2. The third kappa shape index (κ3) is 3.72. The minimum absolute atomic E-state index is 0. The van der Waals surface area contributed by atoms with Crippen LogP contribution >= 0.6 is 35.3 Å². The molecule has 4 fully saturated rings. The Hall–Kier alpha value is -0.380. The van der Waals surface area contributed by atoms with Crippen molar-refractivity contribution in [1.29, 1.82) is 0 Å². The predicted molar refractivity (Wildman–Crippen MR) is 126 cm³/mol. The fourth-order valence-corrected chi connectivity index (χ4v) is 7.05. The second-order valence-electron chi connectivity index (χ2n) is 8.79. The highest BCUT2D eigenvalue weighted by atomic mass is 127. The molecule has 1 aromatic heterocycles. The van der Waals surface area contributed by atoms with Crippen LogP contribution in [0.1, 0.15) is 36.6 Å². The van der Waals surface area contributed by atoms with Gasteiger partial charge in [0, 0.05) is 49.4 Å². The maximum absolute atomic E-state index is 6.13. The van der Waals surface area contributed by atoms with Crippen LogP contribution in [0, 0.1) is 17.8 Å². The number of hydrogen-bond donors (Lipinski definition) is 1. The molecule has 1 N–H and O–H groups in total. The Morgan fingerprint density at radius 3 is 2.64 bits per heavy atom. The predicted octanol–water partition coefficient (Wildman–Crippen LogP) is 3.43. The van der Waals surface area contributed by atoms with E-state index >= 15 is 0 Å². The molecule has 0 spiro atoms. The Morgan fingerprint density at radius 2 is 2.00 bits per heavy atom. The Labute approximate surface area is 189 Å². The number of ether oxygens (including phenoxy) is 1. The van der Waals surface area contributed by atoms with E-state index in [4.69, 9.17) is 4.74 Å². The number of fused-ring (bicyclic) bond motifs is 5. The maximum atomic E-state index is 6.13. The van der Waals surface area contributed by atoms with Gasteiger partial charge in [0.05, 0.1) is 12.2 Å². The maximum Gasteiger partial charge on any atom is 0.193 e. The third-order valence-corrected chi connectivity index (χ3v) is 8.27. The molecule has 4 aliphatic heterocycles. The second-order valence-corrected chi connectivity index (χ2v) is 9.77. The smallest absolute Gasteiger partial charge is 0.193 e. The molecule has 5 heterocycles. The summed E-state index contributed by atoms with van der Waals surface area (Å²) in [7, 11) is 4.22. The molecule has 0 amide bonds. The van der Waals surface area contributed by atoms with E-state index in [-0.39, 0.29) is 24.0 Å². The van der Waals surface area contributed by atoms with Crippen LogP contribution in [-0.4, -0.2) is 68.2 Å². The Morgan fingerprint density at radius 1 is 1.25 bits per heavy atom. The molecule has 5 nitrogen and oxygen atoms in total. The van der Waals surface area contributed by atoms with Gasteiger partial charge in [-0.2, -0.15) is 0 Å². The summed E-state index contributed by atoms with van der Waals surface area (Å²) in [5.41, 5.74) is 0. The van der Waals surface area contributed by atoms with Crippen molar-refractivity contribution in [2.45, 2.75) is 43.9 Å².